The molecule has 0 atom stereocenters. The molecule has 0 fully saturated rings. The molecule has 0 saturated heterocycles. The lowest BCUT2D eigenvalue weighted by atomic mass is 10.1. The van der Waals surface area contributed by atoms with Crippen LogP contribution in [0.2, 0.25) is 10.0 Å². The third-order valence-corrected chi connectivity index (χ3v) is 4.29. The van der Waals surface area contributed by atoms with E-state index in [1.54, 1.807) is 24.3 Å². The van der Waals surface area contributed by atoms with Gasteiger partial charge in [0.1, 0.15) is 11.6 Å². The molecular weight excluding hydrogens is 367 g/mol. The molecule has 0 bridgehead atoms. The highest BCUT2D eigenvalue weighted by atomic mass is 35.5. The lowest BCUT2D eigenvalue weighted by Gasteiger charge is -2.10. The molecule has 2 amide bonds. The van der Waals surface area contributed by atoms with Gasteiger partial charge in [-0.05, 0) is 24.6 Å². The van der Waals surface area contributed by atoms with Crippen molar-refractivity contribution in [1.82, 2.24) is 4.57 Å². The number of carbonyl (C=O) groups excluding carboxylic acids is 1. The van der Waals surface area contributed by atoms with Crippen molar-refractivity contribution in [3.8, 4) is 11.9 Å². The number of rotatable bonds is 2. The monoisotopic (exact) mass is 378 g/mol. The van der Waals surface area contributed by atoms with Crippen LogP contribution in [0.4, 0.5) is 10.5 Å². The normalized spacial score (nSPS) is 10.7. The van der Waals surface area contributed by atoms with E-state index in [1.165, 1.54) is 14.0 Å². The van der Waals surface area contributed by atoms with Crippen LogP contribution in [-0.2, 0) is 7.05 Å². The van der Waals surface area contributed by atoms with Crippen molar-refractivity contribution < 1.29 is 9.90 Å². The van der Waals surface area contributed by atoms with E-state index in [0.717, 1.165) is 10.8 Å². The molecule has 2 rings (SSSR count). The summed E-state index contributed by atoms with van der Waals surface area (Å²) in [5.74, 6) is -0.404. The van der Waals surface area contributed by atoms with Gasteiger partial charge in [-0.15, -0.1) is 0 Å². The Hall–Kier alpha value is -2.82. The molecule has 25 heavy (non-hydrogen) atoms. The summed E-state index contributed by atoms with van der Waals surface area (Å²) in [6, 6.07) is 5.73. The Kier molecular flexibility index (Phi) is 5.47. The van der Waals surface area contributed by atoms with Gasteiger partial charge in [0.25, 0.3) is 5.56 Å². The van der Waals surface area contributed by atoms with Crippen LogP contribution in [0, 0.1) is 18.3 Å². The summed E-state index contributed by atoms with van der Waals surface area (Å²) in [6.07, 6.45) is 1.07. The molecule has 1 heterocycles. The Morgan fingerprint density at radius 3 is 2.76 bits per heavy atom. The number of urea groups is 1. The zero-order valence-electron chi connectivity index (χ0n) is 13.2. The van der Waals surface area contributed by atoms with E-state index >= 15 is 0 Å². The van der Waals surface area contributed by atoms with Crippen molar-refractivity contribution in [2.45, 2.75) is 6.92 Å². The molecule has 0 aliphatic heterocycles. The summed E-state index contributed by atoms with van der Waals surface area (Å²) >= 11 is 11.8. The molecule has 2 aromatic rings. The second-order valence-corrected chi connectivity index (χ2v) is 5.79. The molecule has 0 spiro atoms. The molecule has 128 valence electrons. The molecule has 0 radical (unpaired) electrons. The van der Waals surface area contributed by atoms with Crippen LogP contribution in [0.15, 0.2) is 28.0 Å². The lowest BCUT2D eigenvalue weighted by Crippen LogP contribution is -2.22. The number of nitrogens with zero attached hydrogens (tertiary/aromatic N) is 3. The Morgan fingerprint density at radius 1 is 1.44 bits per heavy atom. The van der Waals surface area contributed by atoms with Gasteiger partial charge < -0.3 is 10.4 Å². The predicted molar refractivity (Wildman–Crippen MR) is 95.9 cm³/mol. The van der Waals surface area contributed by atoms with Crippen LogP contribution in [0.25, 0.3) is 0 Å². The number of hydrogen-bond donors (Lipinski definition) is 2. The molecule has 9 heteroatoms. The maximum Gasteiger partial charge on any atom is 0.345 e. The van der Waals surface area contributed by atoms with Crippen LogP contribution in [-0.4, -0.2) is 21.9 Å². The van der Waals surface area contributed by atoms with Crippen LogP contribution in [0.3, 0.4) is 0 Å². The van der Waals surface area contributed by atoms with E-state index in [1.807, 2.05) is 0 Å². The number of pyridine rings is 1. The largest absolute Gasteiger partial charge is 0.494 e. The van der Waals surface area contributed by atoms with Crippen molar-refractivity contribution in [2.24, 2.45) is 12.0 Å². The average Bonchev–Trinajstić information content (AvgIpc) is 2.57. The highest BCUT2D eigenvalue weighted by Gasteiger charge is 2.16. The summed E-state index contributed by atoms with van der Waals surface area (Å²) in [5, 5.41) is 22.0. The van der Waals surface area contributed by atoms with E-state index in [-0.39, 0.29) is 32.4 Å². The SMILES string of the molecule is Cc1c(/C=N/C(=O)Nc2cccc(Cl)c2Cl)c(O)n(C)c(=O)c1C#N. The van der Waals surface area contributed by atoms with E-state index < -0.39 is 17.5 Å². The van der Waals surface area contributed by atoms with Crippen molar-refractivity contribution in [2.75, 3.05) is 5.32 Å². The Bertz CT molecular complexity index is 990. The third-order valence-electron chi connectivity index (χ3n) is 3.47. The standard InChI is InChI=1S/C16H12Cl2N4O3/c1-8-9(6-19)14(23)22(2)15(24)10(8)7-20-16(25)21-12-5-3-4-11(17)13(12)18/h3-5,7,24H,1-2H3,(H,21,25)/b20-7+. The quantitative estimate of drug-likeness (QED) is 0.781. The molecule has 7 nitrogen and oxygen atoms in total. The van der Waals surface area contributed by atoms with Gasteiger partial charge in [0.2, 0.25) is 5.88 Å². The van der Waals surface area contributed by atoms with E-state index in [0.29, 0.717) is 0 Å². The zero-order chi connectivity index (χ0) is 18.7. The summed E-state index contributed by atoms with van der Waals surface area (Å²) < 4.78 is 0.901. The van der Waals surface area contributed by atoms with E-state index in [4.69, 9.17) is 28.5 Å². The smallest absolute Gasteiger partial charge is 0.345 e. The number of anilines is 1. The summed E-state index contributed by atoms with van der Waals surface area (Å²) in [5.41, 5.74) is -0.188. The fraction of sp³-hybridized carbons (Fsp3) is 0.125. The fourth-order valence-electron chi connectivity index (χ4n) is 2.06. The lowest BCUT2D eigenvalue weighted by molar-refractivity contribution is 0.259. The van der Waals surface area contributed by atoms with Gasteiger partial charge in [0.15, 0.2) is 0 Å². The first-order chi connectivity index (χ1) is 11.8. The molecule has 0 aliphatic rings. The summed E-state index contributed by atoms with van der Waals surface area (Å²) in [6.45, 7) is 1.48. The van der Waals surface area contributed by atoms with Gasteiger partial charge in [-0.1, -0.05) is 29.3 Å². The molecule has 0 saturated carbocycles. The molecule has 1 aromatic carbocycles. The van der Waals surface area contributed by atoms with Crippen molar-refractivity contribution >= 4 is 41.1 Å². The maximum absolute atomic E-state index is 12.0. The first-order valence-electron chi connectivity index (χ1n) is 6.89. The van der Waals surface area contributed by atoms with Gasteiger partial charge >= 0.3 is 6.03 Å². The van der Waals surface area contributed by atoms with Crippen LogP contribution < -0.4 is 10.9 Å². The Balaban J connectivity index is 2.35. The third kappa shape index (κ3) is 3.65. The van der Waals surface area contributed by atoms with Gasteiger partial charge in [0, 0.05) is 13.3 Å². The first kappa shape index (κ1) is 18.5. The zero-order valence-corrected chi connectivity index (χ0v) is 14.7. The number of amides is 2. The van der Waals surface area contributed by atoms with Gasteiger partial charge in [0.05, 0.1) is 21.3 Å². The number of benzene rings is 1. The number of halogens is 2. The fourth-order valence-corrected chi connectivity index (χ4v) is 2.41. The van der Waals surface area contributed by atoms with Crippen LogP contribution >= 0.6 is 23.2 Å². The highest BCUT2D eigenvalue weighted by molar-refractivity contribution is 6.44. The second-order valence-electron chi connectivity index (χ2n) is 5.00. The maximum atomic E-state index is 12.0. The molecule has 0 aliphatic carbocycles. The van der Waals surface area contributed by atoms with Crippen LogP contribution in [0.5, 0.6) is 5.88 Å². The Labute approximate surface area is 152 Å². The van der Waals surface area contributed by atoms with E-state index in [2.05, 4.69) is 10.3 Å². The highest BCUT2D eigenvalue weighted by Crippen LogP contribution is 2.29. The van der Waals surface area contributed by atoms with Crippen molar-refractivity contribution in [3.05, 3.63) is 55.3 Å². The second kappa shape index (κ2) is 7.38. The number of aliphatic imine (C=N–C) groups is 1. The van der Waals surface area contributed by atoms with Gasteiger partial charge in [-0.25, -0.2) is 9.79 Å². The number of aromatic hydroxyl groups is 1. The number of aromatic nitrogens is 1. The van der Waals surface area contributed by atoms with Crippen LogP contribution in [0.1, 0.15) is 16.7 Å². The predicted octanol–water partition coefficient (Wildman–Crippen LogP) is 3.23. The van der Waals surface area contributed by atoms with Crippen molar-refractivity contribution in [1.29, 1.82) is 5.26 Å². The van der Waals surface area contributed by atoms with Gasteiger partial charge in [-0.2, -0.15) is 5.26 Å². The van der Waals surface area contributed by atoms with E-state index in [9.17, 15) is 14.7 Å². The summed E-state index contributed by atoms with van der Waals surface area (Å²) in [4.78, 5) is 27.5. The molecule has 0 unspecified atom stereocenters. The first-order valence-corrected chi connectivity index (χ1v) is 7.65. The number of carbonyl (C=O) groups is 1. The van der Waals surface area contributed by atoms with Gasteiger partial charge in [-0.3, -0.25) is 9.36 Å². The molecular formula is C16H12Cl2N4O3. The minimum Gasteiger partial charge on any atom is -0.494 e. The number of hydrogen-bond acceptors (Lipinski definition) is 4. The average molecular weight is 379 g/mol. The number of nitrogens with one attached hydrogen (secondary N) is 1. The number of nitriles is 1. The topological polar surface area (TPSA) is 107 Å². The summed E-state index contributed by atoms with van der Waals surface area (Å²) in [7, 11) is 1.31. The van der Waals surface area contributed by atoms with Crippen molar-refractivity contribution in [3.63, 3.8) is 0 Å². The Morgan fingerprint density at radius 2 is 2.12 bits per heavy atom. The molecule has 2 N–H and O–H groups in total. The minimum atomic E-state index is -0.768. The minimum absolute atomic E-state index is 0.0889. The molecule has 1 aromatic heterocycles.